The predicted molar refractivity (Wildman–Crippen MR) is 64.3 cm³/mol. The van der Waals surface area contributed by atoms with E-state index in [0.29, 0.717) is 17.3 Å². The molecule has 15 heavy (non-hydrogen) atoms. The van der Waals surface area contributed by atoms with Crippen molar-refractivity contribution in [3.63, 3.8) is 0 Å². The molecule has 0 amide bonds. The summed E-state index contributed by atoms with van der Waals surface area (Å²) in [6.07, 6.45) is 0. The maximum Gasteiger partial charge on any atom is 0.120 e. The molecule has 1 rings (SSSR count). The Kier molecular flexibility index (Phi) is 4.18. The number of nitrogens with one attached hydrogen (secondary N) is 1. The van der Waals surface area contributed by atoms with E-state index in [1.165, 1.54) is 0 Å². The van der Waals surface area contributed by atoms with Gasteiger partial charge < -0.3 is 10.4 Å². The quantitative estimate of drug-likeness (QED) is 0.826. The van der Waals surface area contributed by atoms with Gasteiger partial charge in [0.25, 0.3) is 0 Å². The molecule has 0 fully saturated rings. The first-order chi connectivity index (χ1) is 7.00. The Morgan fingerprint density at radius 1 is 1.60 bits per heavy atom. The fraction of sp³-hybridized carbons (Fsp3) is 0.333. The molecule has 0 saturated heterocycles. The second kappa shape index (κ2) is 5.19. The Hall–Kier alpha value is -0.990. The van der Waals surface area contributed by atoms with Gasteiger partial charge in [-0.1, -0.05) is 30.3 Å². The smallest absolute Gasteiger partial charge is 0.120 e. The molecule has 1 aromatic carbocycles. The average Bonchev–Trinajstić information content (AvgIpc) is 2.14. The van der Waals surface area contributed by atoms with Crippen molar-refractivity contribution in [2.24, 2.45) is 0 Å². The summed E-state index contributed by atoms with van der Waals surface area (Å²) >= 11 is 5.65. The van der Waals surface area contributed by atoms with E-state index in [-0.39, 0.29) is 6.04 Å². The number of phenols is 1. The van der Waals surface area contributed by atoms with Crippen LogP contribution in [0.4, 0.5) is 0 Å². The SMILES string of the molecule is C=C(Cl)CNC(C)c1ccc(C)cc1O. The van der Waals surface area contributed by atoms with Gasteiger partial charge in [0, 0.05) is 23.2 Å². The van der Waals surface area contributed by atoms with Gasteiger partial charge >= 0.3 is 0 Å². The van der Waals surface area contributed by atoms with Crippen molar-refractivity contribution < 1.29 is 5.11 Å². The predicted octanol–water partition coefficient (Wildman–Crippen LogP) is 3.10. The third-order valence-electron chi connectivity index (χ3n) is 2.25. The van der Waals surface area contributed by atoms with E-state index < -0.39 is 0 Å². The zero-order valence-electron chi connectivity index (χ0n) is 9.05. The number of benzene rings is 1. The van der Waals surface area contributed by atoms with Crippen molar-refractivity contribution in [2.75, 3.05) is 6.54 Å². The third-order valence-corrected chi connectivity index (χ3v) is 2.39. The highest BCUT2D eigenvalue weighted by Crippen LogP contribution is 2.24. The molecule has 2 nitrogen and oxygen atoms in total. The number of rotatable bonds is 4. The molecule has 0 aliphatic rings. The van der Waals surface area contributed by atoms with Crippen LogP contribution >= 0.6 is 11.6 Å². The first-order valence-electron chi connectivity index (χ1n) is 4.87. The Morgan fingerprint density at radius 3 is 2.80 bits per heavy atom. The largest absolute Gasteiger partial charge is 0.508 e. The lowest BCUT2D eigenvalue weighted by molar-refractivity contribution is 0.455. The van der Waals surface area contributed by atoms with E-state index in [0.717, 1.165) is 11.1 Å². The average molecular weight is 226 g/mol. The Morgan fingerprint density at radius 2 is 2.27 bits per heavy atom. The molecule has 0 saturated carbocycles. The minimum absolute atomic E-state index is 0.0566. The molecule has 0 aromatic heterocycles. The van der Waals surface area contributed by atoms with E-state index >= 15 is 0 Å². The van der Waals surface area contributed by atoms with Crippen molar-refractivity contribution in [3.8, 4) is 5.75 Å². The maximum absolute atomic E-state index is 9.73. The number of hydrogen-bond donors (Lipinski definition) is 2. The highest BCUT2D eigenvalue weighted by molar-refractivity contribution is 6.29. The fourth-order valence-corrected chi connectivity index (χ4v) is 1.47. The normalized spacial score (nSPS) is 12.5. The molecule has 1 atom stereocenters. The molecule has 0 aliphatic carbocycles. The lowest BCUT2D eigenvalue weighted by atomic mass is 10.1. The Bertz CT molecular complexity index is 363. The van der Waals surface area contributed by atoms with Crippen LogP contribution in [0.5, 0.6) is 5.75 Å². The number of hydrogen-bond acceptors (Lipinski definition) is 2. The Labute approximate surface area is 95.6 Å². The molecule has 0 heterocycles. The van der Waals surface area contributed by atoms with Crippen molar-refractivity contribution in [1.82, 2.24) is 5.32 Å². The topological polar surface area (TPSA) is 32.3 Å². The molecule has 82 valence electrons. The van der Waals surface area contributed by atoms with Crippen molar-refractivity contribution in [1.29, 1.82) is 0 Å². The molecular weight excluding hydrogens is 210 g/mol. The van der Waals surface area contributed by atoms with Gasteiger partial charge in [0.2, 0.25) is 0 Å². The molecule has 2 N–H and O–H groups in total. The van der Waals surface area contributed by atoms with E-state index in [9.17, 15) is 5.11 Å². The number of phenolic OH excluding ortho intramolecular Hbond substituents is 1. The summed E-state index contributed by atoms with van der Waals surface area (Å²) in [6, 6.07) is 5.70. The summed E-state index contributed by atoms with van der Waals surface area (Å²) in [5.41, 5.74) is 1.92. The summed E-state index contributed by atoms with van der Waals surface area (Å²) in [4.78, 5) is 0. The van der Waals surface area contributed by atoms with Crippen LogP contribution in [-0.2, 0) is 0 Å². The number of aryl methyl sites for hydroxylation is 1. The summed E-state index contributed by atoms with van der Waals surface area (Å²) in [5, 5.41) is 13.5. The lowest BCUT2D eigenvalue weighted by Gasteiger charge is -2.15. The van der Waals surface area contributed by atoms with Crippen molar-refractivity contribution >= 4 is 11.6 Å². The van der Waals surface area contributed by atoms with Gasteiger partial charge in [-0.3, -0.25) is 0 Å². The third kappa shape index (κ3) is 3.57. The molecule has 0 bridgehead atoms. The second-order valence-electron chi connectivity index (χ2n) is 3.68. The molecule has 3 heteroatoms. The molecule has 0 spiro atoms. The zero-order valence-corrected chi connectivity index (χ0v) is 9.80. The van der Waals surface area contributed by atoms with E-state index in [2.05, 4.69) is 11.9 Å². The van der Waals surface area contributed by atoms with Gasteiger partial charge in [-0.15, -0.1) is 0 Å². The van der Waals surface area contributed by atoms with Gasteiger partial charge in [0.05, 0.1) is 0 Å². The van der Waals surface area contributed by atoms with Crippen molar-refractivity contribution in [3.05, 3.63) is 40.9 Å². The minimum atomic E-state index is 0.0566. The second-order valence-corrected chi connectivity index (χ2v) is 4.22. The van der Waals surface area contributed by atoms with Crippen LogP contribution in [0, 0.1) is 6.92 Å². The van der Waals surface area contributed by atoms with E-state index in [1.807, 2.05) is 26.0 Å². The van der Waals surface area contributed by atoms with E-state index in [4.69, 9.17) is 11.6 Å². The minimum Gasteiger partial charge on any atom is -0.508 e. The highest BCUT2D eigenvalue weighted by Gasteiger charge is 2.09. The molecule has 0 aliphatic heterocycles. The van der Waals surface area contributed by atoms with Gasteiger partial charge in [-0.25, -0.2) is 0 Å². The number of aromatic hydroxyl groups is 1. The van der Waals surface area contributed by atoms with Crippen LogP contribution in [0.3, 0.4) is 0 Å². The van der Waals surface area contributed by atoms with Gasteiger partial charge in [-0.05, 0) is 25.5 Å². The first-order valence-corrected chi connectivity index (χ1v) is 5.24. The van der Waals surface area contributed by atoms with Gasteiger partial charge in [-0.2, -0.15) is 0 Å². The van der Waals surface area contributed by atoms with Gasteiger partial charge in [0.15, 0.2) is 0 Å². The summed E-state index contributed by atoms with van der Waals surface area (Å²) < 4.78 is 0. The van der Waals surface area contributed by atoms with Crippen LogP contribution < -0.4 is 5.32 Å². The molecule has 1 unspecified atom stereocenters. The van der Waals surface area contributed by atoms with E-state index in [1.54, 1.807) is 6.07 Å². The van der Waals surface area contributed by atoms with Gasteiger partial charge in [0.1, 0.15) is 5.75 Å². The zero-order chi connectivity index (χ0) is 11.4. The van der Waals surface area contributed by atoms with Crippen LogP contribution in [0.15, 0.2) is 29.8 Å². The summed E-state index contributed by atoms with van der Waals surface area (Å²) in [7, 11) is 0. The first kappa shape index (κ1) is 12.1. The molecule has 1 aromatic rings. The summed E-state index contributed by atoms with van der Waals surface area (Å²) in [6.45, 7) is 8.06. The Balaban J connectivity index is 2.73. The monoisotopic (exact) mass is 225 g/mol. The molecule has 0 radical (unpaired) electrons. The van der Waals surface area contributed by atoms with Crippen LogP contribution in [0.25, 0.3) is 0 Å². The fourth-order valence-electron chi connectivity index (χ4n) is 1.39. The molecular formula is C12H16ClNO. The maximum atomic E-state index is 9.73. The lowest BCUT2D eigenvalue weighted by Crippen LogP contribution is -2.19. The van der Waals surface area contributed by atoms with Crippen LogP contribution in [0.2, 0.25) is 0 Å². The number of halogens is 1. The highest BCUT2D eigenvalue weighted by atomic mass is 35.5. The summed E-state index contributed by atoms with van der Waals surface area (Å²) in [5.74, 6) is 0.315. The van der Waals surface area contributed by atoms with Crippen molar-refractivity contribution in [2.45, 2.75) is 19.9 Å². The van der Waals surface area contributed by atoms with Crippen LogP contribution in [0.1, 0.15) is 24.1 Å². The van der Waals surface area contributed by atoms with Crippen LogP contribution in [-0.4, -0.2) is 11.7 Å². The standard InChI is InChI=1S/C12H16ClNO/c1-8-4-5-11(12(15)6-8)10(3)14-7-9(2)13/h4-6,10,14-15H,2,7H2,1,3H3.